The van der Waals surface area contributed by atoms with E-state index >= 15 is 0 Å². The van der Waals surface area contributed by atoms with Gasteiger partial charge in [-0.3, -0.25) is 9.59 Å². The first-order chi connectivity index (χ1) is 25.4. The van der Waals surface area contributed by atoms with Crippen molar-refractivity contribution in [2.45, 2.75) is 155 Å². The van der Waals surface area contributed by atoms with E-state index in [0.717, 1.165) is 61.3 Å². The monoisotopic (exact) mass is 721 g/mol. The molecule has 0 aliphatic rings. The topological polar surface area (TPSA) is 59.1 Å². The molecule has 52 heavy (non-hydrogen) atoms. The van der Waals surface area contributed by atoms with Gasteiger partial charge in [-0.05, 0) is 100 Å². The van der Waals surface area contributed by atoms with Gasteiger partial charge in [-0.25, -0.2) is 0 Å². The van der Waals surface area contributed by atoms with Gasteiger partial charge in [-0.1, -0.05) is 140 Å². The Kier molecular flexibility index (Phi) is 27.3. The van der Waals surface area contributed by atoms with Crippen LogP contribution in [0.3, 0.4) is 0 Å². The summed E-state index contributed by atoms with van der Waals surface area (Å²) >= 11 is 0. The van der Waals surface area contributed by atoms with Crippen molar-refractivity contribution in [1.29, 1.82) is 0 Å². The fourth-order valence-electron chi connectivity index (χ4n) is 6.74. The van der Waals surface area contributed by atoms with Crippen molar-refractivity contribution in [1.82, 2.24) is 9.80 Å². The Morgan fingerprint density at radius 1 is 0.481 bits per heavy atom. The molecule has 2 aromatic rings. The van der Waals surface area contributed by atoms with E-state index in [9.17, 15) is 9.59 Å². The summed E-state index contributed by atoms with van der Waals surface area (Å²) < 4.78 is 11.6. The van der Waals surface area contributed by atoms with Gasteiger partial charge in [0.2, 0.25) is 0 Å². The molecule has 0 aliphatic heterocycles. The molecule has 294 valence electrons. The van der Waals surface area contributed by atoms with Crippen molar-refractivity contribution in [3.63, 3.8) is 0 Å². The number of hydrogen-bond donors (Lipinski definition) is 0. The van der Waals surface area contributed by atoms with Crippen LogP contribution < -0.4 is 0 Å². The molecule has 6 heteroatoms. The fourth-order valence-corrected chi connectivity index (χ4v) is 6.74. The molecule has 0 spiro atoms. The zero-order valence-electron chi connectivity index (χ0n) is 33.9. The molecule has 0 aromatic heterocycles. The quantitative estimate of drug-likeness (QED) is 0.0661. The van der Waals surface area contributed by atoms with Gasteiger partial charge in [0.25, 0.3) is 0 Å². The molecule has 0 unspecified atom stereocenters. The highest BCUT2D eigenvalue weighted by Gasteiger charge is 2.08. The summed E-state index contributed by atoms with van der Waals surface area (Å²) in [7, 11) is 4.33. The van der Waals surface area contributed by atoms with Crippen molar-refractivity contribution in [3.05, 3.63) is 59.7 Å². The second-order valence-electron chi connectivity index (χ2n) is 15.2. The maximum absolute atomic E-state index is 12.5. The summed E-state index contributed by atoms with van der Waals surface area (Å²) in [5.74, 6) is 0.341. The van der Waals surface area contributed by atoms with E-state index in [1.807, 2.05) is 24.3 Å². The number of nitrogens with zero attached hydrogens (tertiary/aromatic N) is 2. The van der Waals surface area contributed by atoms with Gasteiger partial charge >= 0.3 is 0 Å². The second kappa shape index (κ2) is 31.0. The van der Waals surface area contributed by atoms with Crippen LogP contribution in [0.4, 0.5) is 0 Å². The van der Waals surface area contributed by atoms with Gasteiger partial charge in [0.05, 0.1) is 13.2 Å². The van der Waals surface area contributed by atoms with E-state index in [2.05, 4.69) is 62.0 Å². The predicted molar refractivity (Wildman–Crippen MR) is 220 cm³/mol. The molecule has 0 bridgehead atoms. The fraction of sp³-hybridized carbons (Fsp3) is 0.696. The van der Waals surface area contributed by atoms with Crippen molar-refractivity contribution in [2.75, 3.05) is 53.5 Å². The number of Topliss-reactive ketones (excluding diaryl/α,β-unsaturated/α-hetero) is 2. The Morgan fingerprint density at radius 2 is 0.827 bits per heavy atom. The molecule has 0 saturated heterocycles. The Morgan fingerprint density at radius 3 is 1.21 bits per heavy atom. The number of hydrogen-bond acceptors (Lipinski definition) is 6. The summed E-state index contributed by atoms with van der Waals surface area (Å²) in [6, 6.07) is 16.6. The summed E-state index contributed by atoms with van der Waals surface area (Å²) in [5.41, 5.74) is 4.29. The average Bonchev–Trinajstić information content (AvgIpc) is 3.14. The smallest absolute Gasteiger partial charge is 0.158 e. The number of carbonyl (C=O) groups excluding carboxylic acids is 2. The summed E-state index contributed by atoms with van der Waals surface area (Å²) in [4.78, 5) is 29.6. The molecule has 0 radical (unpaired) electrons. The minimum Gasteiger partial charge on any atom is -0.369 e. The van der Waals surface area contributed by atoms with E-state index in [-0.39, 0.29) is 24.8 Å². The first-order valence-corrected chi connectivity index (χ1v) is 21.2. The van der Waals surface area contributed by atoms with Gasteiger partial charge in [0.15, 0.2) is 11.6 Å². The van der Waals surface area contributed by atoms with Gasteiger partial charge < -0.3 is 19.3 Å². The van der Waals surface area contributed by atoms with E-state index in [0.29, 0.717) is 26.1 Å². The van der Waals surface area contributed by atoms with Crippen molar-refractivity contribution < 1.29 is 19.1 Å². The van der Waals surface area contributed by atoms with Crippen LogP contribution in [-0.4, -0.2) is 74.9 Å². The van der Waals surface area contributed by atoms with E-state index in [1.165, 1.54) is 103 Å². The van der Waals surface area contributed by atoms with Gasteiger partial charge in [-0.2, -0.15) is 0 Å². The summed E-state index contributed by atoms with van der Waals surface area (Å²) in [6.07, 6.45) is 24.3. The Labute approximate surface area is 319 Å². The van der Waals surface area contributed by atoms with Gasteiger partial charge in [0, 0.05) is 12.8 Å². The standard InChI is InChI=1S/C46H76N2O4/c1-5-7-9-11-13-15-17-19-31-47(3)33-23-29-45(49)39-51-37-41-25-21-27-43(35-41)44-28-22-26-42(36-44)38-52-40-46(50)30-24-34-48(4)32-20-18-16-14-12-10-8-6-2/h21-22,25-28,35-36H,5-20,23-24,29-34,37-40H2,1-4H3. The van der Waals surface area contributed by atoms with Crippen LogP contribution in [0.25, 0.3) is 11.1 Å². The molecular weight excluding hydrogens is 645 g/mol. The van der Waals surface area contributed by atoms with Crippen LogP contribution in [-0.2, 0) is 32.3 Å². The highest BCUT2D eigenvalue weighted by atomic mass is 16.5. The summed E-state index contributed by atoms with van der Waals surface area (Å²) in [6.45, 7) is 9.83. The minimum absolute atomic E-state index is 0.160. The van der Waals surface area contributed by atoms with Crippen molar-refractivity contribution >= 4 is 11.6 Å². The molecule has 6 nitrogen and oxygen atoms in total. The number of unbranched alkanes of at least 4 members (excludes halogenated alkanes) is 14. The molecule has 0 N–H and O–H groups in total. The molecule has 2 aromatic carbocycles. The van der Waals surface area contributed by atoms with Crippen LogP contribution in [0.2, 0.25) is 0 Å². The molecule has 2 rings (SSSR count). The normalized spacial score (nSPS) is 11.6. The third-order valence-corrected chi connectivity index (χ3v) is 10.0. The molecule has 0 saturated carbocycles. The first kappa shape index (κ1) is 45.8. The van der Waals surface area contributed by atoms with Gasteiger partial charge in [-0.15, -0.1) is 0 Å². The lowest BCUT2D eigenvalue weighted by molar-refractivity contribution is -0.124. The van der Waals surface area contributed by atoms with Crippen LogP contribution in [0, 0.1) is 0 Å². The average molecular weight is 721 g/mol. The lowest BCUT2D eigenvalue weighted by Gasteiger charge is -2.16. The van der Waals surface area contributed by atoms with Crippen molar-refractivity contribution in [2.24, 2.45) is 0 Å². The van der Waals surface area contributed by atoms with Crippen LogP contribution in [0.1, 0.15) is 153 Å². The van der Waals surface area contributed by atoms with Crippen LogP contribution in [0.15, 0.2) is 48.5 Å². The third kappa shape index (κ3) is 24.0. The maximum Gasteiger partial charge on any atom is 0.158 e. The first-order valence-electron chi connectivity index (χ1n) is 21.2. The molecule has 0 aliphatic carbocycles. The second-order valence-corrected chi connectivity index (χ2v) is 15.2. The number of carbonyl (C=O) groups is 2. The number of ether oxygens (including phenoxy) is 2. The third-order valence-electron chi connectivity index (χ3n) is 10.0. The molecule has 0 amide bonds. The molecular formula is C46H76N2O4. The molecule has 0 atom stereocenters. The largest absolute Gasteiger partial charge is 0.369 e. The SMILES string of the molecule is CCCCCCCCCCN(C)CCCC(=O)COCc1cccc(-c2cccc(COCC(=O)CCCN(C)CCCCCCCCCC)c2)c1. The summed E-state index contributed by atoms with van der Waals surface area (Å²) in [5, 5.41) is 0. The zero-order chi connectivity index (χ0) is 37.5. The highest BCUT2D eigenvalue weighted by Crippen LogP contribution is 2.22. The maximum atomic E-state index is 12.5. The molecule has 0 fully saturated rings. The minimum atomic E-state index is 0.160. The van der Waals surface area contributed by atoms with E-state index < -0.39 is 0 Å². The Balaban J connectivity index is 1.57. The number of ketones is 2. The zero-order valence-corrected chi connectivity index (χ0v) is 33.9. The van der Waals surface area contributed by atoms with E-state index in [1.54, 1.807) is 0 Å². The van der Waals surface area contributed by atoms with Crippen molar-refractivity contribution in [3.8, 4) is 11.1 Å². The van der Waals surface area contributed by atoms with Gasteiger partial charge in [0.1, 0.15) is 13.2 Å². The number of rotatable bonds is 35. The number of benzene rings is 2. The Hall–Kier alpha value is -2.38. The lowest BCUT2D eigenvalue weighted by Crippen LogP contribution is -2.22. The Bertz CT molecular complexity index is 1090. The predicted octanol–water partition coefficient (Wildman–Crippen LogP) is 11.2. The van der Waals surface area contributed by atoms with Crippen LogP contribution in [0.5, 0.6) is 0 Å². The van der Waals surface area contributed by atoms with Crippen LogP contribution >= 0.6 is 0 Å². The lowest BCUT2D eigenvalue weighted by atomic mass is 10.0. The molecule has 0 heterocycles. The highest BCUT2D eigenvalue weighted by molar-refractivity contribution is 5.80. The van der Waals surface area contributed by atoms with E-state index in [4.69, 9.17) is 9.47 Å².